The second-order valence-corrected chi connectivity index (χ2v) is 8.79. The van der Waals surface area contributed by atoms with Crippen LogP contribution in [0.1, 0.15) is 30.2 Å². The van der Waals surface area contributed by atoms with Crippen molar-refractivity contribution in [3.63, 3.8) is 0 Å². The minimum absolute atomic E-state index is 0.0504. The zero-order valence-electron chi connectivity index (χ0n) is 20.7. The number of nitrogen functional groups attached to an aromatic ring is 1. The van der Waals surface area contributed by atoms with Gasteiger partial charge < -0.3 is 35.1 Å². The van der Waals surface area contributed by atoms with Gasteiger partial charge in [0.1, 0.15) is 47.4 Å². The van der Waals surface area contributed by atoms with Gasteiger partial charge in [0.25, 0.3) is 0 Å². The van der Waals surface area contributed by atoms with E-state index in [9.17, 15) is 4.39 Å². The number of oxazole rings is 1. The van der Waals surface area contributed by atoms with Crippen LogP contribution in [0.4, 0.5) is 21.6 Å². The van der Waals surface area contributed by atoms with Crippen molar-refractivity contribution >= 4 is 22.9 Å². The Bertz CT molecular complexity index is 1420. The van der Waals surface area contributed by atoms with E-state index in [0.717, 1.165) is 12.8 Å². The smallest absolute Gasteiger partial charge is 0.191 e. The van der Waals surface area contributed by atoms with Crippen molar-refractivity contribution in [2.24, 2.45) is 5.92 Å². The largest absolute Gasteiger partial charge is 0.485 e. The summed E-state index contributed by atoms with van der Waals surface area (Å²) >= 11 is 0. The summed E-state index contributed by atoms with van der Waals surface area (Å²) in [5.74, 6) is 1.94. The molecule has 38 heavy (non-hydrogen) atoms. The third-order valence-corrected chi connectivity index (χ3v) is 6.02. The number of aryl methyl sites for hydroxylation is 1. The molecule has 10 nitrogen and oxygen atoms in total. The van der Waals surface area contributed by atoms with Gasteiger partial charge in [-0.25, -0.2) is 19.3 Å². The lowest BCUT2D eigenvalue weighted by atomic mass is 9.92. The van der Waals surface area contributed by atoms with E-state index >= 15 is 0 Å². The first-order valence-electron chi connectivity index (χ1n) is 12.1. The molecule has 1 aliphatic rings. The fraction of sp³-hybridized carbons (Fsp3) is 0.259. The predicted molar refractivity (Wildman–Crippen MR) is 139 cm³/mol. The third kappa shape index (κ3) is 6.06. The Labute approximate surface area is 218 Å². The molecule has 1 aliphatic heterocycles. The van der Waals surface area contributed by atoms with E-state index < -0.39 is 5.82 Å². The number of anilines is 3. The van der Waals surface area contributed by atoms with Crippen molar-refractivity contribution in [3.05, 3.63) is 78.2 Å². The standard InChI is InChI=1S/C27H27FN6O4/c1-16-31-13-23(37-16)14-36-21-10-18(28)11-22(12-21)38-20-4-2-19(3-5-20)34-26-25(32-15-33-27(26)30)24(29)17-6-8-35-9-7-17/h2-5,10-13,15,17,29,34H,6-9,14H2,1H3,(H2,30,32,33). The number of hydrogen-bond donors (Lipinski definition) is 3. The fourth-order valence-electron chi connectivity index (χ4n) is 4.10. The Morgan fingerprint density at radius 1 is 1.08 bits per heavy atom. The van der Waals surface area contributed by atoms with Crippen LogP contribution in [0.15, 0.2) is 59.4 Å². The summed E-state index contributed by atoms with van der Waals surface area (Å²) in [7, 11) is 0. The lowest BCUT2D eigenvalue weighted by Crippen LogP contribution is -2.25. The van der Waals surface area contributed by atoms with Gasteiger partial charge in [0.2, 0.25) is 0 Å². The first kappa shape index (κ1) is 25.2. The lowest BCUT2D eigenvalue weighted by Gasteiger charge is -2.24. The average molecular weight is 519 g/mol. The molecule has 0 spiro atoms. The SMILES string of the molecule is Cc1ncc(COc2cc(F)cc(Oc3ccc(Nc4c(N)ncnc4C(=N)C4CCOCC4)cc3)c2)o1. The summed E-state index contributed by atoms with van der Waals surface area (Å²) in [6.07, 6.45) is 4.46. The van der Waals surface area contributed by atoms with E-state index in [2.05, 4.69) is 20.3 Å². The number of nitrogens with zero attached hydrogens (tertiary/aromatic N) is 3. The maximum Gasteiger partial charge on any atom is 0.191 e. The van der Waals surface area contributed by atoms with Crippen molar-refractivity contribution in [1.29, 1.82) is 5.41 Å². The number of nitrogens with two attached hydrogens (primary N) is 1. The minimum Gasteiger partial charge on any atom is -0.485 e. The van der Waals surface area contributed by atoms with Crippen LogP contribution in [0.5, 0.6) is 17.2 Å². The van der Waals surface area contributed by atoms with Gasteiger partial charge in [-0.1, -0.05) is 0 Å². The Balaban J connectivity index is 1.27. The predicted octanol–water partition coefficient (Wildman–Crippen LogP) is 5.40. The normalized spacial score (nSPS) is 13.7. The summed E-state index contributed by atoms with van der Waals surface area (Å²) in [5, 5.41) is 11.9. The molecule has 0 saturated carbocycles. The zero-order valence-corrected chi connectivity index (χ0v) is 20.7. The molecule has 0 unspecified atom stereocenters. The molecule has 0 aliphatic carbocycles. The minimum atomic E-state index is -0.497. The molecular formula is C27H27FN6O4. The second kappa shape index (κ2) is 11.3. The molecule has 196 valence electrons. The Morgan fingerprint density at radius 2 is 1.84 bits per heavy atom. The first-order valence-corrected chi connectivity index (χ1v) is 12.1. The number of hydrogen-bond acceptors (Lipinski definition) is 10. The number of ether oxygens (including phenoxy) is 3. The molecule has 1 fully saturated rings. The van der Waals surface area contributed by atoms with Crippen molar-refractivity contribution < 1.29 is 23.0 Å². The highest BCUT2D eigenvalue weighted by molar-refractivity contribution is 6.05. The molecule has 2 aromatic carbocycles. The fourth-order valence-corrected chi connectivity index (χ4v) is 4.10. The molecule has 0 bridgehead atoms. The van der Waals surface area contributed by atoms with Crippen LogP contribution >= 0.6 is 0 Å². The maximum absolute atomic E-state index is 14.2. The van der Waals surface area contributed by atoms with Crippen LogP contribution in [0.25, 0.3) is 0 Å². The van der Waals surface area contributed by atoms with E-state index in [4.69, 9.17) is 29.8 Å². The monoisotopic (exact) mass is 518 g/mol. The number of halogens is 1. The first-order chi connectivity index (χ1) is 18.4. The lowest BCUT2D eigenvalue weighted by molar-refractivity contribution is 0.0827. The van der Waals surface area contributed by atoms with Gasteiger partial charge in [0, 0.05) is 49.9 Å². The Hall–Kier alpha value is -4.51. The average Bonchev–Trinajstić information content (AvgIpc) is 3.34. The van der Waals surface area contributed by atoms with E-state index in [1.165, 1.54) is 18.5 Å². The summed E-state index contributed by atoms with van der Waals surface area (Å²) in [6.45, 7) is 3.10. The van der Waals surface area contributed by atoms with Crippen molar-refractivity contribution in [1.82, 2.24) is 15.0 Å². The van der Waals surface area contributed by atoms with Gasteiger partial charge in [-0.2, -0.15) is 0 Å². The van der Waals surface area contributed by atoms with Crippen molar-refractivity contribution in [2.75, 3.05) is 24.3 Å². The van der Waals surface area contributed by atoms with Crippen LogP contribution in [-0.2, 0) is 11.3 Å². The van der Waals surface area contributed by atoms with Gasteiger partial charge in [0.05, 0.1) is 11.9 Å². The zero-order chi connectivity index (χ0) is 26.5. The summed E-state index contributed by atoms with van der Waals surface area (Å²) in [4.78, 5) is 12.4. The number of nitrogens with one attached hydrogen (secondary N) is 2. The number of benzene rings is 2. The molecule has 4 N–H and O–H groups in total. The molecule has 5 rings (SSSR count). The van der Waals surface area contributed by atoms with Gasteiger partial charge in [-0.05, 0) is 37.1 Å². The van der Waals surface area contributed by atoms with Gasteiger partial charge in [0.15, 0.2) is 17.5 Å². The van der Waals surface area contributed by atoms with E-state index in [1.54, 1.807) is 43.5 Å². The van der Waals surface area contributed by atoms with Gasteiger partial charge >= 0.3 is 0 Å². The highest BCUT2D eigenvalue weighted by Crippen LogP contribution is 2.31. The number of aromatic nitrogens is 3. The third-order valence-electron chi connectivity index (χ3n) is 6.02. The summed E-state index contributed by atoms with van der Waals surface area (Å²) < 4.78 is 36.5. The van der Waals surface area contributed by atoms with Crippen molar-refractivity contribution in [2.45, 2.75) is 26.4 Å². The Morgan fingerprint density at radius 3 is 2.58 bits per heavy atom. The summed E-state index contributed by atoms with van der Waals surface area (Å²) in [6, 6.07) is 11.2. The van der Waals surface area contributed by atoms with Crippen LogP contribution in [-0.4, -0.2) is 33.9 Å². The van der Waals surface area contributed by atoms with Gasteiger partial charge in [-0.3, -0.25) is 0 Å². The number of rotatable bonds is 9. The highest BCUT2D eigenvalue weighted by atomic mass is 19.1. The highest BCUT2D eigenvalue weighted by Gasteiger charge is 2.24. The quantitative estimate of drug-likeness (QED) is 0.248. The van der Waals surface area contributed by atoms with Crippen molar-refractivity contribution in [3.8, 4) is 17.2 Å². The van der Waals surface area contributed by atoms with E-state index in [1.807, 2.05) is 0 Å². The second-order valence-electron chi connectivity index (χ2n) is 8.79. The topological polar surface area (TPSA) is 141 Å². The molecule has 0 atom stereocenters. The van der Waals surface area contributed by atoms with E-state index in [-0.39, 0.29) is 24.1 Å². The maximum atomic E-state index is 14.2. The molecule has 0 amide bonds. The molecule has 11 heteroatoms. The molecule has 1 saturated heterocycles. The van der Waals surface area contributed by atoms with Crippen LogP contribution in [0, 0.1) is 24.1 Å². The molecular weight excluding hydrogens is 491 g/mol. The van der Waals surface area contributed by atoms with Crippen LogP contribution in [0.3, 0.4) is 0 Å². The van der Waals surface area contributed by atoms with Crippen LogP contribution in [0.2, 0.25) is 0 Å². The van der Waals surface area contributed by atoms with Gasteiger partial charge in [-0.15, -0.1) is 0 Å². The molecule has 3 heterocycles. The van der Waals surface area contributed by atoms with E-state index in [0.29, 0.717) is 59.1 Å². The molecule has 0 radical (unpaired) electrons. The molecule has 2 aromatic heterocycles. The Kier molecular flexibility index (Phi) is 7.45. The summed E-state index contributed by atoms with van der Waals surface area (Å²) in [5.41, 5.74) is 8.20. The molecule has 4 aromatic rings. The van der Waals surface area contributed by atoms with Crippen LogP contribution < -0.4 is 20.5 Å².